The van der Waals surface area contributed by atoms with Gasteiger partial charge < -0.3 is 5.32 Å². The zero-order chi connectivity index (χ0) is 10.3. The zero-order valence-corrected chi connectivity index (χ0v) is 10.1. The summed E-state index contributed by atoms with van der Waals surface area (Å²) in [6.45, 7) is 3.68. The first kappa shape index (κ1) is 10.1. The molecule has 3 atom stereocenters. The third-order valence-corrected chi connectivity index (χ3v) is 5.61. The fourth-order valence-electron chi connectivity index (χ4n) is 4.23. The average molecular weight is 207 g/mol. The molecule has 2 bridgehead atoms. The first-order chi connectivity index (χ1) is 7.31. The van der Waals surface area contributed by atoms with Gasteiger partial charge in [-0.05, 0) is 69.2 Å². The van der Waals surface area contributed by atoms with Crippen LogP contribution in [0.4, 0.5) is 0 Å². The fraction of sp³-hybridized carbons (Fsp3) is 1.00. The van der Waals surface area contributed by atoms with Crippen molar-refractivity contribution in [2.24, 2.45) is 17.8 Å². The summed E-state index contributed by atoms with van der Waals surface area (Å²) in [4.78, 5) is 0. The number of rotatable bonds is 4. The van der Waals surface area contributed by atoms with E-state index < -0.39 is 0 Å². The van der Waals surface area contributed by atoms with Gasteiger partial charge in [0.1, 0.15) is 0 Å². The Balaban J connectivity index is 1.50. The van der Waals surface area contributed by atoms with Crippen molar-refractivity contribution in [1.82, 2.24) is 5.32 Å². The maximum atomic E-state index is 3.91. The fourth-order valence-corrected chi connectivity index (χ4v) is 4.23. The van der Waals surface area contributed by atoms with Crippen molar-refractivity contribution in [3.8, 4) is 0 Å². The highest BCUT2D eigenvalue weighted by molar-refractivity contribution is 4.97. The Hall–Kier alpha value is -0.0400. The van der Waals surface area contributed by atoms with E-state index in [0.29, 0.717) is 5.54 Å². The molecule has 0 heterocycles. The van der Waals surface area contributed by atoms with Gasteiger partial charge >= 0.3 is 0 Å². The quantitative estimate of drug-likeness (QED) is 0.745. The Morgan fingerprint density at radius 3 is 2.53 bits per heavy atom. The number of hydrogen-bond acceptors (Lipinski definition) is 1. The van der Waals surface area contributed by atoms with E-state index in [1.807, 2.05) is 0 Å². The smallest absolute Gasteiger partial charge is 0.0179 e. The van der Waals surface area contributed by atoms with Crippen LogP contribution in [-0.4, -0.2) is 12.1 Å². The molecule has 0 spiro atoms. The highest BCUT2D eigenvalue weighted by Crippen LogP contribution is 2.48. The third kappa shape index (κ3) is 1.73. The minimum atomic E-state index is 0.571. The maximum absolute atomic E-state index is 3.91. The summed E-state index contributed by atoms with van der Waals surface area (Å²) in [6, 6.07) is 0. The van der Waals surface area contributed by atoms with Gasteiger partial charge in [-0.1, -0.05) is 13.3 Å². The van der Waals surface area contributed by atoms with E-state index in [2.05, 4.69) is 12.2 Å². The van der Waals surface area contributed by atoms with E-state index in [1.54, 1.807) is 12.8 Å². The van der Waals surface area contributed by atoms with Crippen LogP contribution in [0.1, 0.15) is 58.3 Å². The Morgan fingerprint density at radius 2 is 2.07 bits per heavy atom. The summed E-state index contributed by atoms with van der Waals surface area (Å²) in [7, 11) is 0. The molecule has 3 unspecified atom stereocenters. The van der Waals surface area contributed by atoms with Gasteiger partial charge in [0.15, 0.2) is 0 Å². The van der Waals surface area contributed by atoms with Gasteiger partial charge in [-0.15, -0.1) is 0 Å². The molecule has 3 rings (SSSR count). The molecule has 3 fully saturated rings. The summed E-state index contributed by atoms with van der Waals surface area (Å²) < 4.78 is 0. The number of nitrogens with one attached hydrogen (secondary N) is 1. The van der Waals surface area contributed by atoms with Crippen molar-refractivity contribution in [2.45, 2.75) is 63.8 Å². The van der Waals surface area contributed by atoms with Gasteiger partial charge in [0, 0.05) is 5.54 Å². The summed E-state index contributed by atoms with van der Waals surface area (Å²) in [5.74, 6) is 3.24. The molecule has 86 valence electrons. The van der Waals surface area contributed by atoms with E-state index in [0.717, 1.165) is 17.8 Å². The lowest BCUT2D eigenvalue weighted by molar-refractivity contribution is 0.158. The standard InChI is InChI=1S/C14H25N/c1-2-14(6-3-7-14)15-10-13-9-11-4-5-12(13)8-11/h11-13,15H,2-10H2,1H3. The van der Waals surface area contributed by atoms with Crippen molar-refractivity contribution in [2.75, 3.05) is 6.54 Å². The van der Waals surface area contributed by atoms with Crippen LogP contribution >= 0.6 is 0 Å². The molecular weight excluding hydrogens is 182 g/mol. The predicted molar refractivity (Wildman–Crippen MR) is 63.8 cm³/mol. The van der Waals surface area contributed by atoms with Crippen LogP contribution in [0, 0.1) is 17.8 Å². The van der Waals surface area contributed by atoms with Gasteiger partial charge in [-0.3, -0.25) is 0 Å². The van der Waals surface area contributed by atoms with Crippen molar-refractivity contribution in [3.63, 3.8) is 0 Å². The van der Waals surface area contributed by atoms with E-state index in [4.69, 9.17) is 0 Å². The molecule has 1 nitrogen and oxygen atoms in total. The summed E-state index contributed by atoms with van der Waals surface area (Å²) in [5.41, 5.74) is 0.571. The summed E-state index contributed by atoms with van der Waals surface area (Å²) in [6.07, 6.45) is 11.8. The Bertz CT molecular complexity index is 226. The average Bonchev–Trinajstić information content (AvgIpc) is 2.78. The SMILES string of the molecule is CCC1(NCC2CC3CCC2C3)CCC1. The number of hydrogen-bond donors (Lipinski definition) is 1. The van der Waals surface area contributed by atoms with Crippen LogP contribution in [0.2, 0.25) is 0 Å². The number of fused-ring (bicyclic) bond motifs is 2. The molecule has 0 aliphatic heterocycles. The van der Waals surface area contributed by atoms with Crippen molar-refractivity contribution in [1.29, 1.82) is 0 Å². The second-order valence-electron chi connectivity index (χ2n) is 6.30. The lowest BCUT2D eigenvalue weighted by atomic mass is 9.74. The van der Waals surface area contributed by atoms with Crippen molar-refractivity contribution >= 4 is 0 Å². The molecule has 0 radical (unpaired) electrons. The summed E-state index contributed by atoms with van der Waals surface area (Å²) >= 11 is 0. The van der Waals surface area contributed by atoms with Gasteiger partial charge in [0.25, 0.3) is 0 Å². The van der Waals surface area contributed by atoms with Crippen LogP contribution in [0.3, 0.4) is 0 Å². The van der Waals surface area contributed by atoms with Gasteiger partial charge in [-0.2, -0.15) is 0 Å². The summed E-state index contributed by atoms with van der Waals surface area (Å²) in [5, 5.41) is 3.91. The van der Waals surface area contributed by atoms with Crippen LogP contribution in [0.15, 0.2) is 0 Å². The van der Waals surface area contributed by atoms with Crippen LogP contribution in [0.25, 0.3) is 0 Å². The molecule has 0 aromatic heterocycles. The first-order valence-electron chi connectivity index (χ1n) is 7.06. The van der Waals surface area contributed by atoms with Gasteiger partial charge in [0.05, 0.1) is 0 Å². The first-order valence-corrected chi connectivity index (χ1v) is 7.06. The normalized spacial score (nSPS) is 41.8. The lowest BCUT2D eigenvalue weighted by Crippen LogP contribution is -2.52. The van der Waals surface area contributed by atoms with Crippen molar-refractivity contribution < 1.29 is 0 Å². The molecular formula is C14H25N. The highest BCUT2D eigenvalue weighted by atomic mass is 15.0. The molecule has 0 aromatic carbocycles. The van der Waals surface area contributed by atoms with E-state index >= 15 is 0 Å². The van der Waals surface area contributed by atoms with E-state index in [-0.39, 0.29) is 0 Å². The second kappa shape index (κ2) is 3.76. The molecule has 3 aliphatic carbocycles. The monoisotopic (exact) mass is 207 g/mol. The minimum Gasteiger partial charge on any atom is -0.311 e. The van der Waals surface area contributed by atoms with E-state index in [9.17, 15) is 0 Å². The third-order valence-electron chi connectivity index (χ3n) is 5.61. The predicted octanol–water partition coefficient (Wildman–Crippen LogP) is 3.34. The van der Waals surface area contributed by atoms with Crippen LogP contribution in [0.5, 0.6) is 0 Å². The van der Waals surface area contributed by atoms with Crippen LogP contribution in [-0.2, 0) is 0 Å². The topological polar surface area (TPSA) is 12.0 Å². The zero-order valence-electron chi connectivity index (χ0n) is 10.1. The molecule has 1 N–H and O–H groups in total. The Morgan fingerprint density at radius 1 is 1.20 bits per heavy atom. The maximum Gasteiger partial charge on any atom is 0.0179 e. The second-order valence-corrected chi connectivity index (χ2v) is 6.30. The van der Waals surface area contributed by atoms with Gasteiger partial charge in [0.2, 0.25) is 0 Å². The Labute approximate surface area is 94.0 Å². The van der Waals surface area contributed by atoms with Crippen molar-refractivity contribution in [3.05, 3.63) is 0 Å². The molecule has 0 aromatic rings. The minimum absolute atomic E-state index is 0.571. The highest BCUT2D eigenvalue weighted by Gasteiger charge is 2.41. The van der Waals surface area contributed by atoms with Gasteiger partial charge in [-0.25, -0.2) is 0 Å². The molecule has 3 aliphatic rings. The van der Waals surface area contributed by atoms with E-state index in [1.165, 1.54) is 45.1 Å². The Kier molecular flexibility index (Phi) is 2.54. The van der Waals surface area contributed by atoms with Crippen LogP contribution < -0.4 is 5.32 Å². The molecule has 1 heteroatoms. The molecule has 3 saturated carbocycles. The largest absolute Gasteiger partial charge is 0.311 e. The lowest BCUT2D eigenvalue weighted by Gasteiger charge is -2.43. The molecule has 0 saturated heterocycles. The molecule has 0 amide bonds. The molecule has 15 heavy (non-hydrogen) atoms.